The van der Waals surface area contributed by atoms with Crippen LogP contribution >= 0.6 is 0 Å². The van der Waals surface area contributed by atoms with Crippen LogP contribution in [0.4, 0.5) is 0 Å². The minimum absolute atomic E-state index is 0.0825. The first-order chi connectivity index (χ1) is 62.3. The maximum atomic E-state index is 11.7. The molecule has 0 radical (unpaired) electrons. The van der Waals surface area contributed by atoms with Crippen molar-refractivity contribution in [3.63, 3.8) is 0 Å². The highest BCUT2D eigenvalue weighted by atomic mass is 16.6. The monoisotopic (exact) mass is 1970 g/mol. The number of hydrogen-bond acceptors (Lipinski definition) is 33. The zero-order valence-electron chi connectivity index (χ0n) is 92.2. The molecular weight excluding hydrogens is 1800 g/mol. The van der Waals surface area contributed by atoms with Crippen LogP contribution in [-0.4, -0.2) is 198 Å². The first-order valence-corrected chi connectivity index (χ1v) is 45.9. The van der Waals surface area contributed by atoms with Crippen LogP contribution in [0.5, 0.6) is 0 Å². The van der Waals surface area contributed by atoms with Crippen LogP contribution in [0, 0.1) is 54.1 Å². The summed E-state index contributed by atoms with van der Waals surface area (Å²) in [5, 5.41) is 0. The van der Waals surface area contributed by atoms with Gasteiger partial charge in [0.2, 0.25) is 0 Å². The molecule has 0 N–H and O–H groups in total. The third kappa shape index (κ3) is 94.1. The summed E-state index contributed by atoms with van der Waals surface area (Å²) >= 11 is 0. The molecule has 0 aliphatic carbocycles. The largest absolute Gasteiger partial charge is 0.466 e. The van der Waals surface area contributed by atoms with E-state index in [4.69, 9.17) is 28.4 Å². The van der Waals surface area contributed by atoms with Crippen LogP contribution < -0.4 is 0 Å². The van der Waals surface area contributed by atoms with Gasteiger partial charge in [0.15, 0.2) is 82.2 Å². The molecule has 4 unspecified atom stereocenters. The summed E-state index contributed by atoms with van der Waals surface area (Å²) in [4.78, 5) is 266. The summed E-state index contributed by atoms with van der Waals surface area (Å²) in [6, 6.07) is 0. The summed E-state index contributed by atoms with van der Waals surface area (Å²) in [5.41, 5.74) is -4.49. The maximum Gasteiger partial charge on any atom is 0.331 e. The Morgan fingerprint density at radius 1 is 0.209 bits per heavy atom. The fraction of sp³-hybridized carbons (Fsp3) is 0.660. The van der Waals surface area contributed by atoms with Crippen LogP contribution in [0.1, 0.15) is 350 Å². The van der Waals surface area contributed by atoms with Crippen molar-refractivity contribution in [3.05, 3.63) is 72.9 Å². The highest BCUT2D eigenvalue weighted by Crippen LogP contribution is 2.24. The second kappa shape index (κ2) is 72.9. The highest BCUT2D eigenvalue weighted by Gasteiger charge is 2.32. The fourth-order valence-corrected chi connectivity index (χ4v) is 7.59. The number of ketones is 15. The van der Waals surface area contributed by atoms with Crippen molar-refractivity contribution in [2.45, 2.75) is 374 Å². The van der Waals surface area contributed by atoms with E-state index in [1.54, 1.807) is 180 Å². The average molecular weight is 1970 g/mol. The van der Waals surface area contributed by atoms with E-state index in [2.05, 4.69) is 14.2 Å². The summed E-state index contributed by atoms with van der Waals surface area (Å²) < 4.78 is 42.5. The molecule has 0 amide bonds. The number of carbonyl (C=O) groups excluding carboxylic acids is 24. The smallest absolute Gasteiger partial charge is 0.331 e. The van der Waals surface area contributed by atoms with E-state index in [-0.39, 0.29) is 147 Å². The topological polar surface area (TPSA) is 493 Å². The highest BCUT2D eigenvalue weighted by molar-refractivity contribution is 6.03. The zero-order chi connectivity index (χ0) is 113. The average Bonchev–Trinajstić information content (AvgIpc) is 0.865. The molecule has 0 aromatic carbocycles. The van der Waals surface area contributed by atoms with Gasteiger partial charge in [-0.15, -0.1) is 0 Å². The molecule has 0 aliphatic rings. The Morgan fingerprint density at radius 2 is 0.403 bits per heavy atom. The molecule has 794 valence electrons. The quantitative estimate of drug-likeness (QED) is 0.0243. The van der Waals surface area contributed by atoms with Crippen LogP contribution in [0.15, 0.2) is 72.9 Å². The number of ether oxygens (including phenoxy) is 9. The Kier molecular flexibility index (Phi) is 77.6. The first-order valence-electron chi connectivity index (χ1n) is 45.9. The molecule has 33 heteroatoms. The molecule has 0 saturated heterocycles. The molecule has 0 saturated carbocycles. The molecule has 0 fully saturated rings. The van der Waals surface area contributed by atoms with E-state index < -0.39 is 104 Å². The van der Waals surface area contributed by atoms with Gasteiger partial charge in [-0.25, -0.2) is 28.8 Å². The van der Waals surface area contributed by atoms with E-state index in [9.17, 15) is 115 Å². The number of rotatable bonds is 36. The molecule has 4 atom stereocenters. The van der Waals surface area contributed by atoms with E-state index in [1.165, 1.54) is 86.6 Å². The van der Waals surface area contributed by atoms with Crippen molar-refractivity contribution in [3.8, 4) is 0 Å². The number of Topliss-reactive ketones (excluding diaryl/α,β-unsaturated/α-hetero) is 9. The summed E-state index contributed by atoms with van der Waals surface area (Å²) in [5.74, 6) is -6.09. The van der Waals surface area contributed by atoms with Crippen molar-refractivity contribution in [1.82, 2.24) is 0 Å². The SMILES string of the molecule is CC(=O)/C=C/C(=O)OC(C)C(=O)C(C)(C)C.CC(=O)/C=C\C(=O)OC(C)C(=O)C(C)(C)C.CC(=O)C(C)OC(=O)/C=C/C(=O)C(C)(C)C.CC(=O)C(C)OC(=O)/C=C\C(=O)C(C)(C)C.CC(=O)CCC(=O)C(C)(C)C.CCOC(=O)/C=C/C(=O)C(C)(C)C.CCOC(=O)/C=C\C(=O)C(C)(C)C.CCOC(=O)CC(=O)C(C)(C)C.CCOC(=O)CCC(=O)C(C)(C)C.CCOC(=O)CCC(=O)C(C)(C)C. The molecule has 0 spiro atoms. The van der Waals surface area contributed by atoms with Crippen LogP contribution in [-0.2, 0) is 158 Å². The Hall–Kier alpha value is -11.3. The lowest BCUT2D eigenvalue weighted by atomic mass is 9.88. The van der Waals surface area contributed by atoms with Gasteiger partial charge in [-0.2, -0.15) is 0 Å². The lowest BCUT2D eigenvalue weighted by Crippen LogP contribution is -2.33. The Bertz CT molecular complexity index is 3970. The molecule has 139 heavy (non-hydrogen) atoms. The van der Waals surface area contributed by atoms with Crippen molar-refractivity contribution >= 4 is 140 Å². The van der Waals surface area contributed by atoms with Crippen molar-refractivity contribution < 1.29 is 158 Å². The normalized spacial score (nSPS) is 12.3. The number of hydrogen-bond donors (Lipinski definition) is 0. The number of carbonyl (C=O) groups is 24. The minimum Gasteiger partial charge on any atom is -0.466 e. The molecule has 33 nitrogen and oxygen atoms in total. The Labute approximate surface area is 828 Å². The second-order valence-electron chi connectivity index (χ2n) is 41.4. The van der Waals surface area contributed by atoms with Gasteiger partial charge < -0.3 is 47.4 Å². The molecule has 0 aromatic heterocycles. The molecule has 0 rings (SSSR count). The third-order valence-electron chi connectivity index (χ3n) is 16.8. The summed E-state index contributed by atoms with van der Waals surface area (Å²) in [6.45, 7) is 77.1. The van der Waals surface area contributed by atoms with Gasteiger partial charge in [0.05, 0.1) is 45.9 Å². The standard InChI is InChI=1S/4C12H18O4.2C10H18O3.2C10H16O3.C9H16O3.C9H16O2/c2*1-8(13)9(2)16-11(15)7-6-10(14)12(3,4)5;2*1-8(13)6-7-10(14)16-9(2)11(15)12(3,4)5;4*1-5-13-9(12)7-6-8(11)10(2,3)4;1-5-12-8(11)6-7(10)9(2,3)4;1-7(10)5-6-8(11)9(2,3)4/h4*6-7,9H,1-5H3;2*5-7H2,1-4H3;2*6-7H,5H2,1-4H3;5-6H2,1-4H3;5-6H2,1-4H3/b7-6+;7-6-;7-6+;7-6-;;;7-6+;7-6-;;. The van der Waals surface area contributed by atoms with E-state index >= 15 is 0 Å². The van der Waals surface area contributed by atoms with Crippen molar-refractivity contribution in [2.24, 2.45) is 54.1 Å². The second-order valence-corrected chi connectivity index (χ2v) is 41.4. The van der Waals surface area contributed by atoms with Gasteiger partial charge in [-0.1, -0.05) is 208 Å². The lowest BCUT2D eigenvalue weighted by Gasteiger charge is -2.21. The summed E-state index contributed by atoms with van der Waals surface area (Å²) in [6.07, 6.45) is 12.0. The fourth-order valence-electron chi connectivity index (χ4n) is 7.59. The molecule has 0 aliphatic heterocycles. The van der Waals surface area contributed by atoms with Gasteiger partial charge in [-0.05, 0) is 133 Å². The van der Waals surface area contributed by atoms with Gasteiger partial charge in [0.1, 0.15) is 35.3 Å². The van der Waals surface area contributed by atoms with Crippen molar-refractivity contribution in [2.75, 3.05) is 33.0 Å². The predicted octanol–water partition coefficient (Wildman–Crippen LogP) is 17.6. The minimum atomic E-state index is -0.802. The van der Waals surface area contributed by atoms with Crippen LogP contribution in [0.2, 0.25) is 0 Å². The predicted molar refractivity (Wildman–Crippen MR) is 531 cm³/mol. The zero-order valence-corrected chi connectivity index (χ0v) is 92.2. The molecule has 0 heterocycles. The van der Waals surface area contributed by atoms with Crippen LogP contribution in [0.3, 0.4) is 0 Å². The number of esters is 9. The first kappa shape index (κ1) is 148. The number of allylic oxidation sites excluding steroid dienone is 6. The third-order valence-corrected chi connectivity index (χ3v) is 16.8. The van der Waals surface area contributed by atoms with Gasteiger partial charge in [-0.3, -0.25) is 81.5 Å². The molecule has 0 bridgehead atoms. The van der Waals surface area contributed by atoms with E-state index in [0.717, 1.165) is 48.6 Å². The Balaban J connectivity index is -0.000000167. The van der Waals surface area contributed by atoms with Gasteiger partial charge in [0, 0.05) is 116 Å². The maximum absolute atomic E-state index is 11.7. The Morgan fingerprint density at radius 3 is 0.583 bits per heavy atom. The van der Waals surface area contributed by atoms with E-state index in [1.807, 2.05) is 62.3 Å². The molecular formula is C106H172O33. The molecule has 0 aromatic rings. The van der Waals surface area contributed by atoms with Crippen molar-refractivity contribution in [1.29, 1.82) is 0 Å². The van der Waals surface area contributed by atoms with Gasteiger partial charge >= 0.3 is 53.7 Å². The van der Waals surface area contributed by atoms with Crippen LogP contribution in [0.25, 0.3) is 0 Å². The lowest BCUT2D eigenvalue weighted by molar-refractivity contribution is -0.152. The summed E-state index contributed by atoms with van der Waals surface area (Å²) in [7, 11) is 0. The van der Waals surface area contributed by atoms with Gasteiger partial charge in [0.25, 0.3) is 0 Å². The van der Waals surface area contributed by atoms with E-state index in [0.29, 0.717) is 45.9 Å².